The lowest BCUT2D eigenvalue weighted by molar-refractivity contribution is -0.140. The summed E-state index contributed by atoms with van der Waals surface area (Å²) < 4.78 is 41.8. The highest BCUT2D eigenvalue weighted by molar-refractivity contribution is 6.07. The van der Waals surface area contributed by atoms with Crippen molar-refractivity contribution >= 4 is 11.9 Å². The van der Waals surface area contributed by atoms with Crippen LogP contribution in [0.3, 0.4) is 0 Å². The van der Waals surface area contributed by atoms with Crippen LogP contribution in [0.25, 0.3) is 5.69 Å². The molecule has 11 heteroatoms. The first-order chi connectivity index (χ1) is 14.2. The zero-order valence-electron chi connectivity index (χ0n) is 15.6. The lowest BCUT2D eigenvalue weighted by Crippen LogP contribution is -2.42. The predicted molar refractivity (Wildman–Crippen MR) is 97.0 cm³/mol. The number of nitrogens with zero attached hydrogens (tertiary/aromatic N) is 5. The number of nitrogens with one attached hydrogen (secondary N) is 1. The van der Waals surface area contributed by atoms with Gasteiger partial charge in [0.1, 0.15) is 5.54 Å². The van der Waals surface area contributed by atoms with Gasteiger partial charge < -0.3 is 5.32 Å². The van der Waals surface area contributed by atoms with E-state index in [1.54, 1.807) is 30.3 Å². The Labute approximate surface area is 168 Å². The molecule has 2 aromatic carbocycles. The third-order valence-electron chi connectivity index (χ3n) is 4.88. The standard InChI is InChI=1S/C19H15F3N6O2/c1-18(13-9-5-6-10-14(13)19(20,21)22)16(29)27(17(30)23-18)11-15-24-25-26-28(15)12-7-3-2-4-8-12/h2-10H,11H2,1H3,(H,23,30). The van der Waals surface area contributed by atoms with Crippen molar-refractivity contribution in [2.45, 2.75) is 25.2 Å². The number of para-hydroxylation sites is 1. The molecule has 30 heavy (non-hydrogen) atoms. The minimum atomic E-state index is -4.69. The topological polar surface area (TPSA) is 93.0 Å². The van der Waals surface area contributed by atoms with E-state index < -0.39 is 29.2 Å². The Morgan fingerprint density at radius 1 is 1.03 bits per heavy atom. The molecule has 1 aromatic heterocycles. The van der Waals surface area contributed by atoms with Gasteiger partial charge in [0.2, 0.25) is 0 Å². The molecule has 0 saturated carbocycles. The number of imide groups is 1. The van der Waals surface area contributed by atoms with Gasteiger partial charge in [0.05, 0.1) is 17.8 Å². The molecule has 2 heterocycles. The Morgan fingerprint density at radius 3 is 2.40 bits per heavy atom. The van der Waals surface area contributed by atoms with Crippen molar-refractivity contribution in [1.29, 1.82) is 0 Å². The van der Waals surface area contributed by atoms with Gasteiger partial charge in [-0.25, -0.2) is 4.79 Å². The molecule has 3 amide bonds. The molecule has 0 aliphatic carbocycles. The van der Waals surface area contributed by atoms with Gasteiger partial charge in [-0.3, -0.25) is 9.69 Å². The summed E-state index contributed by atoms with van der Waals surface area (Å²) in [4.78, 5) is 26.4. The van der Waals surface area contributed by atoms with Crippen LogP contribution < -0.4 is 5.32 Å². The smallest absolute Gasteiger partial charge is 0.319 e. The van der Waals surface area contributed by atoms with Crippen molar-refractivity contribution in [2.75, 3.05) is 0 Å². The molecule has 8 nitrogen and oxygen atoms in total. The minimum absolute atomic E-state index is 0.179. The zero-order chi connectivity index (χ0) is 21.5. The Morgan fingerprint density at radius 2 is 1.70 bits per heavy atom. The van der Waals surface area contributed by atoms with Crippen molar-refractivity contribution in [2.24, 2.45) is 0 Å². The van der Waals surface area contributed by atoms with Crippen molar-refractivity contribution in [3.8, 4) is 5.69 Å². The van der Waals surface area contributed by atoms with Gasteiger partial charge >= 0.3 is 12.2 Å². The van der Waals surface area contributed by atoms with Gasteiger partial charge in [-0.2, -0.15) is 17.9 Å². The highest BCUT2D eigenvalue weighted by atomic mass is 19.4. The SMILES string of the molecule is CC1(c2ccccc2C(F)(F)F)NC(=O)N(Cc2nnnn2-c2ccccc2)C1=O. The van der Waals surface area contributed by atoms with Crippen molar-refractivity contribution < 1.29 is 22.8 Å². The summed E-state index contributed by atoms with van der Waals surface area (Å²) in [6, 6.07) is 12.6. The number of rotatable bonds is 4. The van der Waals surface area contributed by atoms with E-state index in [1.807, 2.05) is 0 Å². The van der Waals surface area contributed by atoms with E-state index in [1.165, 1.54) is 29.8 Å². The van der Waals surface area contributed by atoms with E-state index >= 15 is 0 Å². The van der Waals surface area contributed by atoms with Crippen molar-refractivity contribution in [3.05, 3.63) is 71.5 Å². The summed E-state index contributed by atoms with van der Waals surface area (Å²) in [7, 11) is 0. The first-order valence-electron chi connectivity index (χ1n) is 8.85. The van der Waals surface area contributed by atoms with E-state index in [9.17, 15) is 22.8 Å². The molecule has 4 rings (SSSR count). The molecule has 0 bridgehead atoms. The Bertz CT molecular complexity index is 1110. The van der Waals surface area contributed by atoms with Crippen LogP contribution in [0.1, 0.15) is 23.9 Å². The number of amides is 3. The van der Waals surface area contributed by atoms with Crippen LogP contribution in [0, 0.1) is 0 Å². The van der Waals surface area contributed by atoms with E-state index in [-0.39, 0.29) is 17.9 Å². The molecule has 1 fully saturated rings. The summed E-state index contributed by atoms with van der Waals surface area (Å²) in [6.45, 7) is 0.939. The summed E-state index contributed by atoms with van der Waals surface area (Å²) in [5.74, 6) is -0.648. The van der Waals surface area contributed by atoms with Gasteiger partial charge in [0, 0.05) is 0 Å². The molecule has 0 spiro atoms. The number of alkyl halides is 3. The fourth-order valence-corrected chi connectivity index (χ4v) is 3.40. The largest absolute Gasteiger partial charge is 0.416 e. The molecule has 154 valence electrons. The van der Waals surface area contributed by atoms with E-state index in [0.717, 1.165) is 11.0 Å². The number of benzene rings is 2. The number of halogens is 3. The molecule has 1 aliphatic rings. The second kappa shape index (κ2) is 6.94. The fraction of sp³-hybridized carbons (Fsp3) is 0.211. The monoisotopic (exact) mass is 416 g/mol. The Hall–Kier alpha value is -3.76. The average molecular weight is 416 g/mol. The first-order valence-corrected chi connectivity index (χ1v) is 8.85. The van der Waals surface area contributed by atoms with Crippen molar-refractivity contribution in [3.63, 3.8) is 0 Å². The average Bonchev–Trinajstić information content (AvgIpc) is 3.27. The van der Waals surface area contributed by atoms with Crippen LogP contribution in [0.5, 0.6) is 0 Å². The Kier molecular flexibility index (Phi) is 4.52. The number of tetrazole rings is 1. The predicted octanol–water partition coefficient (Wildman–Crippen LogP) is 2.65. The molecule has 1 aliphatic heterocycles. The van der Waals surface area contributed by atoms with Crippen LogP contribution in [-0.4, -0.2) is 37.0 Å². The molecule has 1 saturated heterocycles. The van der Waals surface area contributed by atoms with Gasteiger partial charge in [0.15, 0.2) is 5.82 Å². The number of hydrogen-bond acceptors (Lipinski definition) is 5. The van der Waals surface area contributed by atoms with E-state index in [2.05, 4.69) is 20.8 Å². The summed E-state index contributed by atoms with van der Waals surface area (Å²) in [5.41, 5.74) is -2.60. The van der Waals surface area contributed by atoms with Crippen LogP contribution in [-0.2, 0) is 23.1 Å². The molecular formula is C19H15F3N6O2. The van der Waals surface area contributed by atoms with Crippen LogP contribution >= 0.6 is 0 Å². The van der Waals surface area contributed by atoms with Gasteiger partial charge in [-0.15, -0.1) is 5.10 Å². The number of carbonyl (C=O) groups excluding carboxylic acids is 2. The van der Waals surface area contributed by atoms with Gasteiger partial charge in [0.25, 0.3) is 5.91 Å². The lowest BCUT2D eigenvalue weighted by atomic mass is 9.87. The van der Waals surface area contributed by atoms with Crippen molar-refractivity contribution in [1.82, 2.24) is 30.4 Å². The number of urea groups is 1. The quantitative estimate of drug-likeness (QED) is 0.660. The van der Waals surface area contributed by atoms with Crippen LogP contribution in [0.15, 0.2) is 54.6 Å². The summed E-state index contributed by atoms with van der Waals surface area (Å²) >= 11 is 0. The van der Waals surface area contributed by atoms with Crippen LogP contribution in [0.2, 0.25) is 0 Å². The third kappa shape index (κ3) is 3.17. The third-order valence-corrected chi connectivity index (χ3v) is 4.88. The highest BCUT2D eigenvalue weighted by Crippen LogP contribution is 2.39. The lowest BCUT2D eigenvalue weighted by Gasteiger charge is -2.25. The first kappa shape index (κ1) is 19.6. The summed E-state index contributed by atoms with van der Waals surface area (Å²) in [5, 5.41) is 13.7. The number of aromatic nitrogens is 4. The van der Waals surface area contributed by atoms with Gasteiger partial charge in [-0.05, 0) is 41.1 Å². The van der Waals surface area contributed by atoms with Crippen LogP contribution in [0.4, 0.5) is 18.0 Å². The fourth-order valence-electron chi connectivity index (χ4n) is 3.40. The maximum Gasteiger partial charge on any atom is 0.416 e. The normalized spacial score (nSPS) is 19.3. The molecular weight excluding hydrogens is 401 g/mol. The minimum Gasteiger partial charge on any atom is -0.319 e. The molecule has 1 unspecified atom stereocenters. The maximum atomic E-state index is 13.5. The second-order valence-corrected chi connectivity index (χ2v) is 6.83. The second-order valence-electron chi connectivity index (χ2n) is 6.83. The van der Waals surface area contributed by atoms with Gasteiger partial charge in [-0.1, -0.05) is 36.4 Å². The highest BCUT2D eigenvalue weighted by Gasteiger charge is 2.52. The maximum absolute atomic E-state index is 13.5. The number of carbonyl (C=O) groups is 2. The Balaban J connectivity index is 1.68. The molecule has 1 N–H and O–H groups in total. The molecule has 0 radical (unpaired) electrons. The van der Waals surface area contributed by atoms with E-state index in [0.29, 0.717) is 5.69 Å². The summed E-state index contributed by atoms with van der Waals surface area (Å²) in [6.07, 6.45) is -4.69. The zero-order valence-corrected chi connectivity index (χ0v) is 15.6. The van der Waals surface area contributed by atoms with E-state index in [4.69, 9.17) is 0 Å². The molecule has 3 aromatic rings. The number of hydrogen-bond donors (Lipinski definition) is 1. The molecule has 1 atom stereocenters.